The number of nitrogens with zero attached hydrogens (tertiary/aromatic N) is 1. The number of rotatable bonds is 2. The van der Waals surface area contributed by atoms with E-state index in [1.54, 1.807) is 0 Å². The first-order valence-corrected chi connectivity index (χ1v) is 7.87. The van der Waals surface area contributed by atoms with Crippen molar-refractivity contribution < 1.29 is 9.53 Å². The molecular weight excluding hydrogens is 262 g/mol. The van der Waals surface area contributed by atoms with Crippen molar-refractivity contribution in [2.24, 2.45) is 11.8 Å². The van der Waals surface area contributed by atoms with E-state index in [2.05, 4.69) is 35.2 Å². The Bertz CT molecular complexity index is 580. The molecule has 3 nitrogen and oxygen atoms in total. The minimum absolute atomic E-state index is 0.0194. The first-order valence-electron chi connectivity index (χ1n) is 7.87. The fourth-order valence-corrected chi connectivity index (χ4v) is 4.64. The summed E-state index contributed by atoms with van der Waals surface area (Å²) in [6.07, 6.45) is 5.80. The Hall–Kier alpha value is -1.61. The van der Waals surface area contributed by atoms with Gasteiger partial charge in [0.05, 0.1) is 13.0 Å². The third-order valence-electron chi connectivity index (χ3n) is 5.53. The lowest BCUT2D eigenvalue weighted by Gasteiger charge is -2.50. The van der Waals surface area contributed by atoms with Gasteiger partial charge in [0.2, 0.25) is 0 Å². The average Bonchev–Trinajstić information content (AvgIpc) is 2.83. The Kier molecular flexibility index (Phi) is 3.11. The molecule has 4 bridgehead atoms. The van der Waals surface area contributed by atoms with Crippen LogP contribution in [0, 0.1) is 11.8 Å². The van der Waals surface area contributed by atoms with E-state index in [0.717, 1.165) is 19.4 Å². The molecule has 0 aliphatic carbocycles. The number of carbonyl (C=O) groups excluding carboxylic acids is 1. The molecule has 1 aromatic carbocycles. The number of esters is 1. The minimum atomic E-state index is -0.0194. The van der Waals surface area contributed by atoms with Crippen molar-refractivity contribution in [1.29, 1.82) is 0 Å². The standard InChI is InChI=1S/C18H21NO2/c1-21-18(20)17-15-10-14-7-8-16(17)19(14)11-13(15)9-12-5-3-2-4-6-12/h2-6,9,14-17H,7-8,10-11H2,1H3/b13-9-/t14-,15+,16+,17-/m0/s1. The van der Waals surface area contributed by atoms with Gasteiger partial charge in [0.1, 0.15) is 0 Å². The normalized spacial score (nSPS) is 38.7. The fraction of sp³-hybridized carbons (Fsp3) is 0.500. The highest BCUT2D eigenvalue weighted by atomic mass is 16.5. The molecule has 0 aromatic heterocycles. The molecule has 1 unspecified atom stereocenters. The van der Waals surface area contributed by atoms with Crippen molar-refractivity contribution in [3.05, 3.63) is 41.5 Å². The summed E-state index contributed by atoms with van der Waals surface area (Å²) in [6, 6.07) is 11.5. The lowest BCUT2D eigenvalue weighted by molar-refractivity contribution is -0.153. The molecule has 0 saturated carbocycles. The number of benzene rings is 1. The van der Waals surface area contributed by atoms with Gasteiger partial charge in [-0.1, -0.05) is 42.0 Å². The molecule has 21 heavy (non-hydrogen) atoms. The van der Waals surface area contributed by atoms with Gasteiger partial charge in [0, 0.05) is 18.6 Å². The molecule has 3 heteroatoms. The molecule has 4 saturated heterocycles. The zero-order valence-electron chi connectivity index (χ0n) is 12.4. The molecule has 0 amide bonds. The maximum atomic E-state index is 12.3. The van der Waals surface area contributed by atoms with Gasteiger partial charge < -0.3 is 4.74 Å². The maximum absolute atomic E-state index is 12.3. The summed E-state index contributed by atoms with van der Waals surface area (Å²) in [6.45, 7) is 1.03. The van der Waals surface area contributed by atoms with Crippen LogP contribution in [0.3, 0.4) is 0 Å². The lowest BCUT2D eigenvalue weighted by Crippen LogP contribution is -2.58. The van der Waals surface area contributed by atoms with E-state index in [1.807, 2.05) is 6.07 Å². The van der Waals surface area contributed by atoms with Crippen molar-refractivity contribution in [3.63, 3.8) is 0 Å². The number of methoxy groups -OCH3 is 1. The summed E-state index contributed by atoms with van der Waals surface area (Å²) in [7, 11) is 1.52. The van der Waals surface area contributed by atoms with Crippen LogP contribution in [0.5, 0.6) is 0 Å². The smallest absolute Gasteiger partial charge is 0.310 e. The predicted molar refractivity (Wildman–Crippen MR) is 81.5 cm³/mol. The van der Waals surface area contributed by atoms with Crippen LogP contribution in [-0.2, 0) is 9.53 Å². The average molecular weight is 283 g/mol. The van der Waals surface area contributed by atoms with Gasteiger partial charge in [-0.3, -0.25) is 9.69 Å². The van der Waals surface area contributed by atoms with E-state index >= 15 is 0 Å². The number of piperidine rings is 3. The van der Waals surface area contributed by atoms with Crippen LogP contribution in [0.2, 0.25) is 0 Å². The second kappa shape index (κ2) is 4.99. The van der Waals surface area contributed by atoms with Gasteiger partial charge in [-0.15, -0.1) is 0 Å². The van der Waals surface area contributed by atoms with Crippen LogP contribution in [-0.4, -0.2) is 36.6 Å². The van der Waals surface area contributed by atoms with Gasteiger partial charge in [0.15, 0.2) is 0 Å². The summed E-state index contributed by atoms with van der Waals surface area (Å²) >= 11 is 0. The van der Waals surface area contributed by atoms with Crippen LogP contribution in [0.25, 0.3) is 6.08 Å². The number of hydrogen-bond donors (Lipinski definition) is 0. The summed E-state index contributed by atoms with van der Waals surface area (Å²) in [4.78, 5) is 14.8. The van der Waals surface area contributed by atoms with Gasteiger partial charge >= 0.3 is 5.97 Å². The SMILES string of the molecule is COC(=O)[C@H]1[C@@H]2C[C@@H]3CC[C@H]1N3C/C2=C/c1ccccc1. The van der Waals surface area contributed by atoms with Crippen molar-refractivity contribution in [2.45, 2.75) is 31.3 Å². The number of ether oxygens (including phenoxy) is 1. The van der Waals surface area contributed by atoms with E-state index in [9.17, 15) is 4.79 Å². The summed E-state index contributed by atoms with van der Waals surface area (Å²) in [5.41, 5.74) is 2.64. The Morgan fingerprint density at radius 3 is 2.86 bits per heavy atom. The molecular formula is C18H21NO2. The third-order valence-corrected chi connectivity index (χ3v) is 5.53. The molecule has 5 rings (SSSR count). The van der Waals surface area contributed by atoms with E-state index in [-0.39, 0.29) is 11.9 Å². The molecule has 110 valence electrons. The monoisotopic (exact) mass is 283 g/mol. The summed E-state index contributed by atoms with van der Waals surface area (Å²) < 4.78 is 5.10. The van der Waals surface area contributed by atoms with Crippen molar-refractivity contribution >= 4 is 12.0 Å². The summed E-state index contributed by atoms with van der Waals surface area (Å²) in [5, 5.41) is 0. The topological polar surface area (TPSA) is 29.5 Å². The Morgan fingerprint density at radius 2 is 2.10 bits per heavy atom. The Labute approximate surface area is 125 Å². The summed E-state index contributed by atoms with van der Waals surface area (Å²) in [5.74, 6) is 0.395. The molecule has 0 radical (unpaired) electrons. The third kappa shape index (κ3) is 2.03. The highest BCUT2D eigenvalue weighted by Crippen LogP contribution is 2.50. The van der Waals surface area contributed by atoms with E-state index in [1.165, 1.54) is 24.7 Å². The highest BCUT2D eigenvalue weighted by molar-refractivity contribution is 5.75. The molecule has 0 N–H and O–H groups in total. The van der Waals surface area contributed by atoms with Gasteiger partial charge in [-0.2, -0.15) is 0 Å². The van der Waals surface area contributed by atoms with Crippen LogP contribution < -0.4 is 0 Å². The molecule has 4 heterocycles. The number of carbonyl (C=O) groups is 1. The molecule has 4 aliphatic heterocycles. The maximum Gasteiger partial charge on any atom is 0.310 e. The molecule has 1 aromatic rings. The van der Waals surface area contributed by atoms with Crippen LogP contribution in [0.1, 0.15) is 24.8 Å². The van der Waals surface area contributed by atoms with Crippen LogP contribution in [0.15, 0.2) is 35.9 Å². The molecule has 4 aliphatic rings. The highest BCUT2D eigenvalue weighted by Gasteiger charge is 2.55. The fourth-order valence-electron chi connectivity index (χ4n) is 4.64. The quantitative estimate of drug-likeness (QED) is 0.782. The molecule has 4 fully saturated rings. The second-order valence-corrected chi connectivity index (χ2v) is 6.49. The molecule has 5 atom stereocenters. The predicted octanol–water partition coefficient (Wildman–Crippen LogP) is 2.73. The van der Waals surface area contributed by atoms with Gasteiger partial charge in [0.25, 0.3) is 0 Å². The van der Waals surface area contributed by atoms with Gasteiger partial charge in [-0.25, -0.2) is 0 Å². The Balaban J connectivity index is 1.69. The van der Waals surface area contributed by atoms with E-state index in [4.69, 9.17) is 4.74 Å². The minimum Gasteiger partial charge on any atom is -0.469 e. The van der Waals surface area contributed by atoms with Gasteiger partial charge in [-0.05, 0) is 30.7 Å². The van der Waals surface area contributed by atoms with E-state index < -0.39 is 0 Å². The first-order chi connectivity index (χ1) is 10.3. The van der Waals surface area contributed by atoms with Crippen LogP contribution >= 0.6 is 0 Å². The van der Waals surface area contributed by atoms with Crippen LogP contribution in [0.4, 0.5) is 0 Å². The number of fused-ring (bicyclic) bond motifs is 1. The van der Waals surface area contributed by atoms with E-state index in [0.29, 0.717) is 18.0 Å². The zero-order chi connectivity index (χ0) is 14.4. The largest absolute Gasteiger partial charge is 0.469 e. The molecule has 0 spiro atoms. The van der Waals surface area contributed by atoms with Crippen molar-refractivity contribution in [3.8, 4) is 0 Å². The Morgan fingerprint density at radius 1 is 1.29 bits per heavy atom. The van der Waals surface area contributed by atoms with Crippen molar-refractivity contribution in [2.75, 3.05) is 13.7 Å². The number of hydrogen-bond acceptors (Lipinski definition) is 3. The zero-order valence-corrected chi connectivity index (χ0v) is 12.4. The lowest BCUT2D eigenvalue weighted by atomic mass is 9.71. The second-order valence-electron chi connectivity index (χ2n) is 6.49. The first kappa shape index (κ1) is 13.1. The van der Waals surface area contributed by atoms with Crippen molar-refractivity contribution in [1.82, 2.24) is 4.90 Å².